The van der Waals surface area contributed by atoms with Crippen molar-refractivity contribution in [3.05, 3.63) is 52.6 Å². The third-order valence-corrected chi connectivity index (χ3v) is 5.22. The third kappa shape index (κ3) is 3.25. The van der Waals surface area contributed by atoms with Gasteiger partial charge in [-0.3, -0.25) is 14.4 Å². The average Bonchev–Trinajstić information content (AvgIpc) is 2.60. The number of nitro benzene ring substituents is 1. The maximum Gasteiger partial charge on any atom is 0.269 e. The molecule has 128 valence electrons. The molecule has 2 rings (SSSR count). The van der Waals surface area contributed by atoms with Gasteiger partial charge < -0.3 is 9.47 Å². The lowest BCUT2D eigenvalue weighted by atomic mass is 10.3. The summed E-state index contributed by atoms with van der Waals surface area (Å²) in [6, 6.07) is 9.44. The van der Waals surface area contributed by atoms with Gasteiger partial charge in [-0.15, -0.1) is 0 Å². The molecule has 0 fully saturated rings. The van der Waals surface area contributed by atoms with E-state index in [0.717, 1.165) is 16.4 Å². The predicted octanol–water partition coefficient (Wildman–Crippen LogP) is 2.44. The number of nitro groups is 1. The third-order valence-electron chi connectivity index (χ3n) is 3.43. The van der Waals surface area contributed by atoms with Gasteiger partial charge in [-0.2, -0.15) is 0 Å². The van der Waals surface area contributed by atoms with E-state index in [1.807, 2.05) is 0 Å². The molecule has 0 amide bonds. The van der Waals surface area contributed by atoms with Crippen LogP contribution in [0.2, 0.25) is 0 Å². The summed E-state index contributed by atoms with van der Waals surface area (Å²) >= 11 is 0. The van der Waals surface area contributed by atoms with Crippen LogP contribution >= 0.6 is 0 Å². The molecule has 0 saturated heterocycles. The van der Waals surface area contributed by atoms with E-state index >= 15 is 0 Å². The van der Waals surface area contributed by atoms with Gasteiger partial charge in [0.25, 0.3) is 15.7 Å². The molecule has 2 aromatic carbocycles. The van der Waals surface area contributed by atoms with Crippen LogP contribution in [0.5, 0.6) is 11.5 Å². The quantitative estimate of drug-likeness (QED) is 0.585. The lowest BCUT2D eigenvalue weighted by Crippen LogP contribution is -2.27. The number of non-ortho nitro benzene ring substituents is 1. The zero-order valence-electron chi connectivity index (χ0n) is 13.3. The molecule has 8 nitrogen and oxygen atoms in total. The highest BCUT2D eigenvalue weighted by molar-refractivity contribution is 7.92. The molecule has 0 aliphatic carbocycles. The average molecular weight is 352 g/mol. The predicted molar refractivity (Wildman–Crippen MR) is 88.2 cm³/mol. The van der Waals surface area contributed by atoms with Gasteiger partial charge in [-0.05, 0) is 24.3 Å². The van der Waals surface area contributed by atoms with Gasteiger partial charge in [0.1, 0.15) is 11.5 Å². The number of ether oxygens (including phenoxy) is 2. The Morgan fingerprint density at radius 1 is 1.04 bits per heavy atom. The summed E-state index contributed by atoms with van der Waals surface area (Å²) in [7, 11) is 0.349. The normalized spacial score (nSPS) is 11.0. The molecule has 0 aliphatic heterocycles. The first kappa shape index (κ1) is 17.5. The molecule has 0 radical (unpaired) electrons. The number of anilines is 1. The maximum atomic E-state index is 12.7. The van der Waals surface area contributed by atoms with E-state index in [9.17, 15) is 18.5 Å². The summed E-state index contributed by atoms with van der Waals surface area (Å²) in [5.74, 6) is 0.820. The molecule has 0 unspecified atom stereocenters. The summed E-state index contributed by atoms with van der Waals surface area (Å²) < 4.78 is 36.8. The second-order valence-corrected chi connectivity index (χ2v) is 6.73. The molecule has 24 heavy (non-hydrogen) atoms. The van der Waals surface area contributed by atoms with Gasteiger partial charge in [0.2, 0.25) is 0 Å². The second-order valence-electron chi connectivity index (χ2n) is 4.76. The van der Waals surface area contributed by atoms with Gasteiger partial charge >= 0.3 is 0 Å². The van der Waals surface area contributed by atoms with Crippen molar-refractivity contribution in [2.24, 2.45) is 0 Å². The molecular weight excluding hydrogens is 336 g/mol. The Balaban J connectivity index is 2.47. The summed E-state index contributed by atoms with van der Waals surface area (Å²) in [4.78, 5) is 10.0. The molecule has 0 spiro atoms. The Bertz CT molecular complexity index is 849. The number of nitrogens with zero attached hydrogens (tertiary/aromatic N) is 2. The van der Waals surface area contributed by atoms with Crippen molar-refractivity contribution in [1.82, 2.24) is 0 Å². The van der Waals surface area contributed by atoms with E-state index in [2.05, 4.69) is 0 Å². The van der Waals surface area contributed by atoms with Crippen LogP contribution in [0.15, 0.2) is 47.4 Å². The number of hydrogen-bond donors (Lipinski definition) is 0. The first-order chi connectivity index (χ1) is 11.3. The molecule has 0 aromatic heterocycles. The molecule has 0 N–H and O–H groups in total. The molecule has 0 bridgehead atoms. The molecule has 0 aliphatic rings. The molecular formula is C15H16N2O6S. The minimum absolute atomic E-state index is 0.0690. The van der Waals surface area contributed by atoms with Crippen LogP contribution in [0.3, 0.4) is 0 Å². The first-order valence-corrected chi connectivity index (χ1v) is 8.20. The smallest absolute Gasteiger partial charge is 0.269 e. The van der Waals surface area contributed by atoms with Crippen molar-refractivity contribution in [3.8, 4) is 11.5 Å². The summed E-state index contributed by atoms with van der Waals surface area (Å²) in [6.45, 7) is 0. The van der Waals surface area contributed by atoms with E-state index in [1.165, 1.54) is 39.5 Å². The Kier molecular flexibility index (Phi) is 4.93. The van der Waals surface area contributed by atoms with Crippen molar-refractivity contribution in [2.45, 2.75) is 4.90 Å². The largest absolute Gasteiger partial charge is 0.497 e. The van der Waals surface area contributed by atoms with E-state index in [-0.39, 0.29) is 16.3 Å². The van der Waals surface area contributed by atoms with Crippen molar-refractivity contribution in [3.63, 3.8) is 0 Å². The molecule has 0 saturated carbocycles. The minimum atomic E-state index is -3.92. The van der Waals surface area contributed by atoms with E-state index in [1.54, 1.807) is 12.1 Å². The Labute approximate surface area is 139 Å². The zero-order chi connectivity index (χ0) is 17.9. The summed E-state index contributed by atoms with van der Waals surface area (Å²) in [6.07, 6.45) is 0. The van der Waals surface area contributed by atoms with Gasteiger partial charge in [0.15, 0.2) is 0 Å². The number of sulfonamides is 1. The van der Waals surface area contributed by atoms with Crippen LogP contribution in [-0.2, 0) is 10.0 Å². The van der Waals surface area contributed by atoms with Gasteiger partial charge in [-0.25, -0.2) is 8.42 Å². The van der Waals surface area contributed by atoms with Gasteiger partial charge in [-0.1, -0.05) is 0 Å². The summed E-state index contributed by atoms with van der Waals surface area (Å²) in [5, 5.41) is 10.7. The van der Waals surface area contributed by atoms with Gasteiger partial charge in [0.05, 0.1) is 29.7 Å². The Morgan fingerprint density at radius 2 is 1.67 bits per heavy atom. The van der Waals surface area contributed by atoms with Crippen LogP contribution in [0.25, 0.3) is 0 Å². The van der Waals surface area contributed by atoms with E-state index in [0.29, 0.717) is 11.5 Å². The van der Waals surface area contributed by atoms with Crippen molar-refractivity contribution in [2.75, 3.05) is 25.6 Å². The van der Waals surface area contributed by atoms with E-state index < -0.39 is 14.9 Å². The highest BCUT2D eigenvalue weighted by Gasteiger charge is 2.25. The molecule has 9 heteroatoms. The van der Waals surface area contributed by atoms with Crippen molar-refractivity contribution >= 4 is 21.4 Å². The molecule has 2 aromatic rings. The van der Waals surface area contributed by atoms with Crippen LogP contribution in [0.1, 0.15) is 0 Å². The Morgan fingerprint density at radius 3 is 2.17 bits per heavy atom. The van der Waals surface area contributed by atoms with Crippen LogP contribution in [0.4, 0.5) is 11.4 Å². The van der Waals surface area contributed by atoms with Crippen LogP contribution < -0.4 is 13.8 Å². The van der Waals surface area contributed by atoms with Crippen LogP contribution in [0, 0.1) is 10.1 Å². The standard InChI is InChI=1S/C15H16N2O6S/c1-16(14-10-12(22-2)6-9-15(14)23-3)24(20,21)13-7-4-11(5-8-13)17(18)19/h4-10H,1-3H3. The zero-order valence-corrected chi connectivity index (χ0v) is 14.1. The summed E-state index contributed by atoms with van der Waals surface area (Å²) in [5.41, 5.74) is 0.103. The first-order valence-electron chi connectivity index (χ1n) is 6.76. The number of rotatable bonds is 6. The lowest BCUT2D eigenvalue weighted by Gasteiger charge is -2.22. The molecule has 0 heterocycles. The lowest BCUT2D eigenvalue weighted by molar-refractivity contribution is -0.384. The monoisotopic (exact) mass is 352 g/mol. The SMILES string of the molecule is COc1ccc(OC)c(N(C)S(=O)(=O)c2ccc([N+](=O)[O-])cc2)c1. The highest BCUT2D eigenvalue weighted by atomic mass is 32.2. The van der Waals surface area contributed by atoms with E-state index in [4.69, 9.17) is 9.47 Å². The number of hydrogen-bond acceptors (Lipinski definition) is 6. The fourth-order valence-corrected chi connectivity index (χ4v) is 3.27. The van der Waals surface area contributed by atoms with Crippen LogP contribution in [-0.4, -0.2) is 34.6 Å². The van der Waals surface area contributed by atoms with Crippen molar-refractivity contribution in [1.29, 1.82) is 0 Å². The minimum Gasteiger partial charge on any atom is -0.497 e. The maximum absolute atomic E-state index is 12.7. The highest BCUT2D eigenvalue weighted by Crippen LogP contribution is 2.34. The Hall–Kier alpha value is -2.81. The fourth-order valence-electron chi connectivity index (χ4n) is 2.07. The fraction of sp³-hybridized carbons (Fsp3) is 0.200. The number of methoxy groups -OCH3 is 2. The number of benzene rings is 2. The van der Waals surface area contributed by atoms with Crippen molar-refractivity contribution < 1.29 is 22.8 Å². The topological polar surface area (TPSA) is 99.0 Å². The van der Waals surface area contributed by atoms with Gasteiger partial charge in [0, 0.05) is 25.2 Å². The molecule has 0 atom stereocenters. The second kappa shape index (κ2) is 6.75.